The molecule has 1 aromatic carbocycles. The second-order valence-electron chi connectivity index (χ2n) is 9.91. The average molecular weight is 516 g/mol. The van der Waals surface area contributed by atoms with Gasteiger partial charge in [-0.3, -0.25) is 14.8 Å². The molecule has 1 heterocycles. The number of halogens is 3. The normalized spacial score (nSPS) is 25.0. The average Bonchev–Trinajstić information content (AvgIpc) is 2.82. The molecule has 200 valence electrons. The number of hydrogen-bond acceptors (Lipinski definition) is 7. The van der Waals surface area contributed by atoms with Gasteiger partial charge in [0.2, 0.25) is 5.91 Å². The van der Waals surface area contributed by atoms with E-state index in [1.165, 1.54) is 0 Å². The lowest BCUT2D eigenvalue weighted by Gasteiger charge is -2.44. The van der Waals surface area contributed by atoms with Crippen molar-refractivity contribution in [2.24, 2.45) is 17.8 Å². The van der Waals surface area contributed by atoms with Crippen LogP contribution in [0, 0.1) is 17.8 Å². The van der Waals surface area contributed by atoms with Crippen molar-refractivity contribution in [3.05, 3.63) is 30.3 Å². The Balaban J connectivity index is 1.74. The minimum atomic E-state index is -5.43. The summed E-state index contributed by atoms with van der Waals surface area (Å²) in [7, 11) is 0. The zero-order valence-electron chi connectivity index (χ0n) is 20.3. The molecule has 0 unspecified atom stereocenters. The predicted octanol–water partition coefficient (Wildman–Crippen LogP) is 2.77. The first kappa shape index (κ1) is 27.7. The highest BCUT2D eigenvalue weighted by molar-refractivity contribution is 5.88. The van der Waals surface area contributed by atoms with Crippen LogP contribution in [-0.4, -0.2) is 76.2 Å². The van der Waals surface area contributed by atoms with E-state index < -0.39 is 40.7 Å². The number of hydroxylamine groups is 2. The number of amides is 2. The van der Waals surface area contributed by atoms with Gasteiger partial charge in [0, 0.05) is 31.9 Å². The maximum absolute atomic E-state index is 13.4. The van der Waals surface area contributed by atoms with Gasteiger partial charge in [-0.25, -0.2) is 4.79 Å². The van der Waals surface area contributed by atoms with E-state index in [2.05, 4.69) is 9.74 Å². The van der Waals surface area contributed by atoms with E-state index in [9.17, 15) is 37.9 Å². The molecule has 3 rings (SSSR count). The van der Waals surface area contributed by atoms with Gasteiger partial charge >= 0.3 is 12.1 Å². The summed E-state index contributed by atoms with van der Waals surface area (Å²) in [6.45, 7) is 5.56. The van der Waals surface area contributed by atoms with Crippen LogP contribution in [0.15, 0.2) is 30.3 Å². The minimum absolute atomic E-state index is 0.0392. The Labute approximate surface area is 207 Å². The molecule has 12 heteroatoms. The lowest BCUT2D eigenvalue weighted by atomic mass is 9.68. The molecular weight excluding hydrogens is 483 g/mol. The summed E-state index contributed by atoms with van der Waals surface area (Å²) in [6, 6.07) is 9.65. The number of carbonyl (C=O) groups is 3. The molecule has 2 N–H and O–H groups in total. The fourth-order valence-corrected chi connectivity index (χ4v) is 5.15. The van der Waals surface area contributed by atoms with Crippen molar-refractivity contribution >= 4 is 23.5 Å². The van der Waals surface area contributed by atoms with E-state index >= 15 is 0 Å². The van der Waals surface area contributed by atoms with E-state index in [1.54, 1.807) is 4.90 Å². The molecule has 0 radical (unpaired) electrons. The fraction of sp³-hybridized carbons (Fsp3) is 0.625. The molecule has 2 fully saturated rings. The van der Waals surface area contributed by atoms with Crippen molar-refractivity contribution in [2.45, 2.75) is 51.3 Å². The number of piperazine rings is 1. The van der Waals surface area contributed by atoms with Gasteiger partial charge in [-0.1, -0.05) is 32.0 Å². The van der Waals surface area contributed by atoms with Gasteiger partial charge in [-0.15, -0.1) is 0 Å². The number of benzene rings is 1. The number of alkyl halides is 3. The largest absolute Gasteiger partial charge is 0.493 e. The van der Waals surface area contributed by atoms with Crippen LogP contribution in [0.1, 0.15) is 39.5 Å². The molecule has 36 heavy (non-hydrogen) atoms. The van der Waals surface area contributed by atoms with Gasteiger partial charge in [0.1, 0.15) is 0 Å². The van der Waals surface area contributed by atoms with Crippen molar-refractivity contribution in [3.63, 3.8) is 0 Å². The third-order valence-corrected chi connectivity index (χ3v) is 6.73. The van der Waals surface area contributed by atoms with Crippen molar-refractivity contribution in [1.29, 1.82) is 0 Å². The molecule has 1 aliphatic heterocycles. The van der Waals surface area contributed by atoms with Crippen LogP contribution in [0.5, 0.6) is 0 Å². The summed E-state index contributed by atoms with van der Waals surface area (Å²) in [5.74, 6) is -6.86. The zero-order valence-corrected chi connectivity index (χ0v) is 20.3. The smallest absolute Gasteiger partial charge is 0.390 e. The summed E-state index contributed by atoms with van der Waals surface area (Å²) in [6.07, 6.45) is -5.09. The van der Waals surface area contributed by atoms with Crippen molar-refractivity contribution in [1.82, 2.24) is 10.1 Å². The SMILES string of the molecule is CC(C)C[C@@]1(O)CC[C@H](C(=O)N2CCN(c3ccccc3)CC2)[C@@H](C(=O)N(O)OC(=O)C(F)(F)F)C1. The number of hydrogen-bond donors (Lipinski definition) is 2. The molecule has 1 saturated heterocycles. The highest BCUT2D eigenvalue weighted by Gasteiger charge is 2.50. The number of nitrogens with zero attached hydrogens (tertiary/aromatic N) is 3. The van der Waals surface area contributed by atoms with Gasteiger partial charge in [-0.2, -0.15) is 13.2 Å². The van der Waals surface area contributed by atoms with Crippen LogP contribution in [0.4, 0.5) is 18.9 Å². The summed E-state index contributed by atoms with van der Waals surface area (Å²) < 4.78 is 37.7. The molecular formula is C24H32F3N3O6. The summed E-state index contributed by atoms with van der Waals surface area (Å²) in [4.78, 5) is 44.9. The van der Waals surface area contributed by atoms with Crippen LogP contribution in [0.3, 0.4) is 0 Å². The molecule has 2 aliphatic rings. The fourth-order valence-electron chi connectivity index (χ4n) is 5.15. The lowest BCUT2D eigenvalue weighted by Crippen LogP contribution is -2.55. The topological polar surface area (TPSA) is 111 Å². The van der Waals surface area contributed by atoms with E-state index in [0.717, 1.165) is 5.69 Å². The second-order valence-corrected chi connectivity index (χ2v) is 9.91. The van der Waals surface area contributed by atoms with Crippen LogP contribution < -0.4 is 4.90 Å². The Bertz CT molecular complexity index is 937. The van der Waals surface area contributed by atoms with Gasteiger partial charge in [-0.05, 0) is 49.0 Å². The van der Waals surface area contributed by atoms with Gasteiger partial charge in [0.25, 0.3) is 5.91 Å². The molecule has 3 atom stereocenters. The third-order valence-electron chi connectivity index (χ3n) is 6.73. The maximum Gasteiger partial charge on any atom is 0.493 e. The Kier molecular flexibility index (Phi) is 8.50. The molecule has 0 spiro atoms. The van der Waals surface area contributed by atoms with Gasteiger partial charge in [0.15, 0.2) is 0 Å². The minimum Gasteiger partial charge on any atom is -0.390 e. The molecule has 1 aliphatic carbocycles. The summed E-state index contributed by atoms with van der Waals surface area (Å²) >= 11 is 0. The third kappa shape index (κ3) is 6.67. The number of aliphatic hydroxyl groups is 1. The first-order chi connectivity index (χ1) is 16.8. The van der Waals surface area contributed by atoms with Crippen LogP contribution in [0.2, 0.25) is 0 Å². The monoisotopic (exact) mass is 515 g/mol. The molecule has 9 nitrogen and oxygen atoms in total. The van der Waals surface area contributed by atoms with E-state index in [-0.39, 0.29) is 31.1 Å². The Morgan fingerprint density at radius 2 is 1.72 bits per heavy atom. The van der Waals surface area contributed by atoms with Crippen molar-refractivity contribution in [3.8, 4) is 0 Å². The van der Waals surface area contributed by atoms with E-state index in [0.29, 0.717) is 32.6 Å². The number of carbonyl (C=O) groups excluding carboxylic acids is 3. The number of rotatable bonds is 5. The Hall–Kier alpha value is -2.86. The molecule has 0 bridgehead atoms. The molecule has 1 aromatic rings. The predicted molar refractivity (Wildman–Crippen MR) is 121 cm³/mol. The number of anilines is 1. The number of para-hydroxylation sites is 1. The maximum atomic E-state index is 13.4. The highest BCUT2D eigenvalue weighted by Crippen LogP contribution is 2.42. The lowest BCUT2D eigenvalue weighted by molar-refractivity contribution is -0.318. The van der Waals surface area contributed by atoms with Crippen LogP contribution in [0.25, 0.3) is 0 Å². The highest BCUT2D eigenvalue weighted by atomic mass is 19.4. The van der Waals surface area contributed by atoms with Crippen LogP contribution >= 0.6 is 0 Å². The quantitative estimate of drug-likeness (QED) is 0.458. The Morgan fingerprint density at radius 3 is 2.28 bits per heavy atom. The first-order valence-corrected chi connectivity index (χ1v) is 11.9. The van der Waals surface area contributed by atoms with E-state index in [4.69, 9.17) is 0 Å². The molecule has 2 amide bonds. The zero-order chi connectivity index (χ0) is 26.7. The summed E-state index contributed by atoms with van der Waals surface area (Å²) in [5, 5.41) is 20.2. The van der Waals surface area contributed by atoms with Gasteiger partial charge < -0.3 is 19.7 Å². The first-order valence-electron chi connectivity index (χ1n) is 11.9. The van der Waals surface area contributed by atoms with E-state index in [1.807, 2.05) is 44.2 Å². The standard InChI is InChI=1S/C24H32F3N3O6/c1-16(2)14-23(34)9-8-18(19(15-23)21(32)30(35)36-22(33)24(25,26)27)20(31)29-12-10-28(11-13-29)17-6-4-3-5-7-17/h3-7,16,18-19,34-35H,8-15H2,1-2H3/t18-,19-,23-/m0/s1. The molecule has 1 saturated carbocycles. The van der Waals surface area contributed by atoms with Gasteiger partial charge in [0.05, 0.1) is 17.4 Å². The Morgan fingerprint density at radius 1 is 1.11 bits per heavy atom. The van der Waals surface area contributed by atoms with Crippen LogP contribution in [-0.2, 0) is 19.2 Å². The molecule has 0 aromatic heterocycles. The summed E-state index contributed by atoms with van der Waals surface area (Å²) in [5.41, 5.74) is -0.344. The van der Waals surface area contributed by atoms with Crippen molar-refractivity contribution in [2.75, 3.05) is 31.1 Å². The second kappa shape index (κ2) is 11.0. The van der Waals surface area contributed by atoms with Crippen molar-refractivity contribution < 1.29 is 42.7 Å².